The van der Waals surface area contributed by atoms with Gasteiger partial charge in [-0.3, -0.25) is 9.59 Å². The van der Waals surface area contributed by atoms with Crippen molar-refractivity contribution in [2.24, 2.45) is 0 Å². The van der Waals surface area contributed by atoms with Gasteiger partial charge >= 0.3 is 0 Å². The number of unbranched alkanes of at least 4 members (excludes halogenated alkanes) is 7. The first-order valence-corrected chi connectivity index (χ1v) is 13.7. The van der Waals surface area contributed by atoms with Crippen molar-refractivity contribution >= 4 is 11.6 Å². The van der Waals surface area contributed by atoms with Gasteiger partial charge in [-0.1, -0.05) is 66.2 Å². The second kappa shape index (κ2) is 15.5. The fourth-order valence-corrected chi connectivity index (χ4v) is 4.64. The van der Waals surface area contributed by atoms with Gasteiger partial charge in [0.25, 0.3) is 0 Å². The Hall–Kier alpha value is -2.62. The van der Waals surface area contributed by atoms with E-state index in [0.29, 0.717) is 24.7 Å². The molecule has 2 aromatic carbocycles. The Balaban J connectivity index is 1.58. The first kappa shape index (κ1) is 29.6. The van der Waals surface area contributed by atoms with Gasteiger partial charge in [0.15, 0.2) is 11.6 Å². The minimum absolute atomic E-state index is 0.224. The lowest BCUT2D eigenvalue weighted by Gasteiger charge is -2.13. The SMILES string of the molecule is COc1ccc(C(=O)CCCCCCCCCCC(=O)c2ccc(OC)c(C(C)C)c2)cc1C(C)C. The van der Waals surface area contributed by atoms with Crippen molar-refractivity contribution in [3.63, 3.8) is 0 Å². The molecule has 0 saturated heterocycles. The first-order chi connectivity index (χ1) is 17.3. The first-order valence-electron chi connectivity index (χ1n) is 13.7. The van der Waals surface area contributed by atoms with E-state index in [9.17, 15) is 9.59 Å². The monoisotopic (exact) mass is 494 g/mol. The van der Waals surface area contributed by atoms with Crippen molar-refractivity contribution in [1.29, 1.82) is 0 Å². The highest BCUT2D eigenvalue weighted by atomic mass is 16.5. The van der Waals surface area contributed by atoms with E-state index >= 15 is 0 Å². The van der Waals surface area contributed by atoms with Crippen molar-refractivity contribution in [2.75, 3.05) is 14.2 Å². The van der Waals surface area contributed by atoms with Gasteiger partial charge in [0.1, 0.15) is 11.5 Å². The molecule has 0 saturated carbocycles. The van der Waals surface area contributed by atoms with E-state index in [1.807, 2.05) is 36.4 Å². The zero-order chi connectivity index (χ0) is 26.5. The Bertz CT molecular complexity index is 895. The van der Waals surface area contributed by atoms with Crippen molar-refractivity contribution in [1.82, 2.24) is 0 Å². The van der Waals surface area contributed by atoms with Crippen LogP contribution in [0.15, 0.2) is 36.4 Å². The van der Waals surface area contributed by atoms with Crippen LogP contribution in [0.25, 0.3) is 0 Å². The van der Waals surface area contributed by atoms with E-state index in [2.05, 4.69) is 27.7 Å². The van der Waals surface area contributed by atoms with Crippen LogP contribution in [0.4, 0.5) is 0 Å². The number of rotatable bonds is 17. The molecular formula is C32H46O4. The Kier molecular flexibility index (Phi) is 12.7. The molecule has 0 aliphatic heterocycles. The van der Waals surface area contributed by atoms with Crippen molar-refractivity contribution < 1.29 is 19.1 Å². The standard InChI is InChI=1S/C32H46O4/c1-23(2)27-21-25(17-19-31(27)35-5)29(33)15-13-11-9-7-8-10-12-14-16-30(34)26-18-20-32(36-6)28(22-26)24(3)4/h17-24H,7-16H2,1-6H3. The average molecular weight is 495 g/mol. The average Bonchev–Trinajstić information content (AvgIpc) is 2.88. The molecule has 0 aliphatic rings. The van der Waals surface area contributed by atoms with Crippen LogP contribution in [0.1, 0.15) is 136 Å². The van der Waals surface area contributed by atoms with Crippen LogP contribution in [0, 0.1) is 0 Å². The van der Waals surface area contributed by atoms with E-state index in [1.54, 1.807) is 14.2 Å². The Morgan fingerprint density at radius 1 is 0.583 bits per heavy atom. The highest BCUT2D eigenvalue weighted by Crippen LogP contribution is 2.29. The molecule has 0 aliphatic carbocycles. The van der Waals surface area contributed by atoms with Crippen LogP contribution < -0.4 is 9.47 Å². The zero-order valence-corrected chi connectivity index (χ0v) is 23.3. The zero-order valence-electron chi connectivity index (χ0n) is 23.3. The minimum atomic E-state index is 0.224. The molecule has 2 rings (SSSR count). The number of carbonyl (C=O) groups is 2. The summed E-state index contributed by atoms with van der Waals surface area (Å²) in [7, 11) is 3.35. The second-order valence-electron chi connectivity index (χ2n) is 10.4. The Morgan fingerprint density at radius 3 is 1.22 bits per heavy atom. The number of ether oxygens (including phenoxy) is 2. The van der Waals surface area contributed by atoms with E-state index < -0.39 is 0 Å². The molecule has 0 heterocycles. The minimum Gasteiger partial charge on any atom is -0.496 e. The summed E-state index contributed by atoms with van der Waals surface area (Å²) in [5, 5.41) is 0. The number of methoxy groups -OCH3 is 2. The highest BCUT2D eigenvalue weighted by molar-refractivity contribution is 5.97. The van der Waals surface area contributed by atoms with Crippen molar-refractivity contribution in [3.8, 4) is 11.5 Å². The summed E-state index contributed by atoms with van der Waals surface area (Å²) in [4.78, 5) is 25.2. The van der Waals surface area contributed by atoms with Crippen molar-refractivity contribution in [2.45, 2.75) is 104 Å². The van der Waals surface area contributed by atoms with Gasteiger partial charge in [-0.15, -0.1) is 0 Å². The fraction of sp³-hybridized carbons (Fsp3) is 0.562. The topological polar surface area (TPSA) is 52.6 Å². The number of ketones is 2. The van der Waals surface area contributed by atoms with Gasteiger partial charge < -0.3 is 9.47 Å². The number of carbonyl (C=O) groups excluding carboxylic acids is 2. The van der Waals surface area contributed by atoms with Gasteiger partial charge in [-0.2, -0.15) is 0 Å². The quantitative estimate of drug-likeness (QED) is 0.163. The molecule has 0 unspecified atom stereocenters. The third-order valence-electron chi connectivity index (χ3n) is 6.91. The van der Waals surface area contributed by atoms with E-state index in [1.165, 1.54) is 12.8 Å². The molecule has 0 N–H and O–H groups in total. The summed E-state index contributed by atoms with van der Waals surface area (Å²) in [5.74, 6) is 2.80. The molecule has 0 aromatic heterocycles. The summed E-state index contributed by atoms with van der Waals surface area (Å²) in [6.07, 6.45) is 9.99. The highest BCUT2D eigenvalue weighted by Gasteiger charge is 2.14. The summed E-state index contributed by atoms with van der Waals surface area (Å²) in [6, 6.07) is 11.6. The number of hydrogen-bond acceptors (Lipinski definition) is 4. The van der Waals surface area contributed by atoms with Gasteiger partial charge in [-0.05, 0) is 72.2 Å². The van der Waals surface area contributed by atoms with Gasteiger partial charge in [0.2, 0.25) is 0 Å². The van der Waals surface area contributed by atoms with E-state index in [-0.39, 0.29) is 11.6 Å². The van der Waals surface area contributed by atoms with Crippen LogP contribution >= 0.6 is 0 Å². The number of benzene rings is 2. The molecule has 4 heteroatoms. The molecule has 0 amide bonds. The molecule has 0 spiro atoms. The number of Topliss-reactive ketones (excluding diaryl/α,β-unsaturated/α-hetero) is 2. The molecule has 36 heavy (non-hydrogen) atoms. The van der Waals surface area contributed by atoms with Gasteiger partial charge in [-0.25, -0.2) is 0 Å². The smallest absolute Gasteiger partial charge is 0.162 e. The van der Waals surface area contributed by atoms with Crippen LogP contribution in [-0.2, 0) is 0 Å². The predicted molar refractivity (Wildman–Crippen MR) is 149 cm³/mol. The fourth-order valence-electron chi connectivity index (χ4n) is 4.64. The lowest BCUT2D eigenvalue weighted by molar-refractivity contribution is 0.0970. The molecule has 198 valence electrons. The molecular weight excluding hydrogens is 448 g/mol. The molecule has 2 aromatic rings. The summed E-state index contributed by atoms with van der Waals surface area (Å²) in [5.41, 5.74) is 3.77. The largest absolute Gasteiger partial charge is 0.496 e. The molecule has 0 bridgehead atoms. The summed E-state index contributed by atoms with van der Waals surface area (Å²) in [6.45, 7) is 8.47. The molecule has 0 radical (unpaired) electrons. The maximum Gasteiger partial charge on any atom is 0.162 e. The van der Waals surface area contributed by atoms with E-state index in [0.717, 1.165) is 72.3 Å². The summed E-state index contributed by atoms with van der Waals surface area (Å²) >= 11 is 0. The molecule has 0 fully saturated rings. The van der Waals surface area contributed by atoms with Crippen LogP contribution in [0.3, 0.4) is 0 Å². The molecule has 0 atom stereocenters. The Labute approximate surface area is 218 Å². The lowest BCUT2D eigenvalue weighted by atomic mass is 9.96. The van der Waals surface area contributed by atoms with Gasteiger partial charge in [0, 0.05) is 24.0 Å². The maximum absolute atomic E-state index is 12.6. The van der Waals surface area contributed by atoms with Gasteiger partial charge in [0.05, 0.1) is 14.2 Å². The Morgan fingerprint density at radius 2 is 0.917 bits per heavy atom. The third kappa shape index (κ3) is 9.11. The maximum atomic E-state index is 12.6. The second-order valence-corrected chi connectivity index (χ2v) is 10.4. The molecule has 4 nitrogen and oxygen atoms in total. The lowest BCUT2D eigenvalue weighted by Crippen LogP contribution is -2.02. The van der Waals surface area contributed by atoms with Crippen LogP contribution in [-0.4, -0.2) is 25.8 Å². The predicted octanol–water partition coefficient (Wildman–Crippen LogP) is 8.92. The van der Waals surface area contributed by atoms with Crippen LogP contribution in [0.2, 0.25) is 0 Å². The van der Waals surface area contributed by atoms with Crippen LogP contribution in [0.5, 0.6) is 11.5 Å². The van der Waals surface area contributed by atoms with E-state index in [4.69, 9.17) is 9.47 Å². The third-order valence-corrected chi connectivity index (χ3v) is 6.91. The normalized spacial score (nSPS) is 11.2. The summed E-state index contributed by atoms with van der Waals surface area (Å²) < 4.78 is 10.8. The van der Waals surface area contributed by atoms with Crippen molar-refractivity contribution in [3.05, 3.63) is 58.7 Å². The number of hydrogen-bond donors (Lipinski definition) is 0.